The number of nitrogens with two attached hydrogens (primary N) is 2. The number of nitro groups is 1. The fraction of sp³-hybridized carbons (Fsp3) is 0.455. The second kappa shape index (κ2) is 4.69. The average Bonchev–Trinajstić information content (AvgIpc) is 2.28. The van der Waals surface area contributed by atoms with Crippen LogP contribution in [0.2, 0.25) is 0 Å². The first-order valence-corrected chi connectivity index (χ1v) is 5.76. The summed E-state index contributed by atoms with van der Waals surface area (Å²) in [5.41, 5.74) is 12.3. The molecule has 0 amide bonds. The quantitative estimate of drug-likeness (QED) is 0.451. The zero-order valence-corrected chi connectivity index (χ0v) is 10.3. The van der Waals surface area contributed by atoms with Crippen molar-refractivity contribution >= 4 is 22.7 Å². The van der Waals surface area contributed by atoms with E-state index in [1.807, 2.05) is 0 Å². The largest absolute Gasteiger partial charge is 0.393 e. The Balaban J connectivity index is 2.28. The highest BCUT2D eigenvalue weighted by atomic mass is 16.6. The van der Waals surface area contributed by atoms with Crippen LogP contribution in [0.3, 0.4) is 0 Å². The second-order valence-corrected chi connectivity index (χ2v) is 4.52. The van der Waals surface area contributed by atoms with Crippen LogP contribution in [0.25, 0.3) is 0 Å². The van der Waals surface area contributed by atoms with E-state index in [0.717, 1.165) is 31.9 Å². The lowest BCUT2D eigenvalue weighted by Crippen LogP contribution is -2.44. The molecule has 0 aromatic heterocycles. The SMILES string of the molecule is CN1CCN(c2cc(N)c([N+](=O)[O-])c(N)c2)CC1. The molecule has 0 bridgehead atoms. The van der Waals surface area contributed by atoms with E-state index in [-0.39, 0.29) is 17.1 Å². The number of nitrogens with zero attached hydrogens (tertiary/aromatic N) is 3. The Labute approximate surface area is 105 Å². The molecule has 0 atom stereocenters. The van der Waals surface area contributed by atoms with Crippen LogP contribution in [0.1, 0.15) is 0 Å². The molecule has 1 heterocycles. The minimum absolute atomic E-state index is 0.119. The molecule has 1 aromatic rings. The molecule has 1 aliphatic heterocycles. The monoisotopic (exact) mass is 251 g/mol. The van der Waals surface area contributed by atoms with Gasteiger partial charge in [0.1, 0.15) is 11.4 Å². The van der Waals surface area contributed by atoms with Gasteiger partial charge in [0.2, 0.25) is 0 Å². The lowest BCUT2D eigenvalue weighted by Gasteiger charge is -2.34. The molecule has 7 nitrogen and oxygen atoms in total. The second-order valence-electron chi connectivity index (χ2n) is 4.52. The molecule has 1 aromatic carbocycles. The van der Waals surface area contributed by atoms with Crippen molar-refractivity contribution in [3.05, 3.63) is 22.2 Å². The number of nitro benzene ring substituents is 1. The third-order valence-corrected chi connectivity index (χ3v) is 3.20. The van der Waals surface area contributed by atoms with Crippen LogP contribution in [0.15, 0.2) is 12.1 Å². The van der Waals surface area contributed by atoms with Gasteiger partial charge in [0.15, 0.2) is 0 Å². The molecule has 98 valence electrons. The molecular formula is C11H17N5O2. The summed E-state index contributed by atoms with van der Waals surface area (Å²) in [5.74, 6) is 0. The Bertz CT molecular complexity index is 445. The molecule has 18 heavy (non-hydrogen) atoms. The van der Waals surface area contributed by atoms with Gasteiger partial charge in [-0.25, -0.2) is 0 Å². The highest BCUT2D eigenvalue weighted by molar-refractivity contribution is 5.78. The summed E-state index contributed by atoms with van der Waals surface area (Å²) in [5, 5.41) is 10.8. The van der Waals surface area contributed by atoms with Crippen LogP contribution in [0.4, 0.5) is 22.7 Å². The molecule has 0 radical (unpaired) electrons. The number of nitrogen functional groups attached to an aromatic ring is 2. The standard InChI is InChI=1S/C11H17N5O2/c1-14-2-4-15(5-3-14)8-6-9(12)11(16(17)18)10(13)7-8/h6-7H,2-5,12-13H2,1H3. The normalized spacial score (nSPS) is 16.8. The summed E-state index contributed by atoms with van der Waals surface area (Å²) in [4.78, 5) is 14.6. The third kappa shape index (κ3) is 2.30. The molecule has 0 aliphatic carbocycles. The molecule has 7 heteroatoms. The van der Waals surface area contributed by atoms with Gasteiger partial charge in [0.25, 0.3) is 0 Å². The van der Waals surface area contributed by atoms with E-state index in [9.17, 15) is 10.1 Å². The molecule has 0 spiro atoms. The van der Waals surface area contributed by atoms with Gasteiger partial charge in [-0.3, -0.25) is 10.1 Å². The van der Waals surface area contributed by atoms with Crippen molar-refractivity contribution in [1.82, 2.24) is 4.90 Å². The summed E-state index contributed by atoms with van der Waals surface area (Å²) in [7, 11) is 2.07. The number of piperazine rings is 1. The Morgan fingerprint density at radius 2 is 1.67 bits per heavy atom. The van der Waals surface area contributed by atoms with E-state index in [2.05, 4.69) is 16.8 Å². The van der Waals surface area contributed by atoms with Crippen LogP contribution in [-0.4, -0.2) is 43.0 Å². The summed E-state index contributed by atoms with van der Waals surface area (Å²) < 4.78 is 0. The van der Waals surface area contributed by atoms with Crippen molar-refractivity contribution in [2.45, 2.75) is 0 Å². The number of rotatable bonds is 2. The van der Waals surface area contributed by atoms with Gasteiger partial charge in [0.05, 0.1) is 4.92 Å². The predicted molar refractivity (Wildman–Crippen MR) is 71.6 cm³/mol. The zero-order chi connectivity index (χ0) is 13.3. The van der Waals surface area contributed by atoms with Gasteiger partial charge in [-0.15, -0.1) is 0 Å². The highest BCUT2D eigenvalue weighted by Crippen LogP contribution is 2.33. The maximum absolute atomic E-state index is 10.8. The van der Waals surface area contributed by atoms with Crippen LogP contribution in [-0.2, 0) is 0 Å². The molecule has 1 aliphatic rings. The maximum atomic E-state index is 10.8. The fourth-order valence-electron chi connectivity index (χ4n) is 2.12. The summed E-state index contributed by atoms with van der Waals surface area (Å²) in [6.45, 7) is 3.65. The predicted octanol–water partition coefficient (Wildman–Crippen LogP) is 0.511. The zero-order valence-electron chi connectivity index (χ0n) is 10.3. The Morgan fingerprint density at radius 3 is 2.11 bits per heavy atom. The van der Waals surface area contributed by atoms with Crippen LogP contribution < -0.4 is 16.4 Å². The molecule has 4 N–H and O–H groups in total. The van der Waals surface area contributed by atoms with Crippen molar-refractivity contribution in [1.29, 1.82) is 0 Å². The Hall–Kier alpha value is -2.02. The first-order valence-electron chi connectivity index (χ1n) is 5.76. The van der Waals surface area contributed by atoms with E-state index < -0.39 is 4.92 Å². The van der Waals surface area contributed by atoms with Crippen molar-refractivity contribution in [3.8, 4) is 0 Å². The summed E-state index contributed by atoms with van der Waals surface area (Å²) in [6, 6.07) is 3.25. The van der Waals surface area contributed by atoms with Gasteiger partial charge in [-0.05, 0) is 19.2 Å². The molecule has 1 saturated heterocycles. The minimum Gasteiger partial charge on any atom is -0.393 e. The first-order chi connectivity index (χ1) is 8.49. The van der Waals surface area contributed by atoms with Crippen molar-refractivity contribution in [2.24, 2.45) is 0 Å². The lowest BCUT2D eigenvalue weighted by molar-refractivity contribution is -0.382. The molecular weight excluding hydrogens is 234 g/mol. The number of hydrogen-bond donors (Lipinski definition) is 2. The summed E-state index contributed by atoms with van der Waals surface area (Å²) in [6.07, 6.45) is 0. The number of anilines is 3. The van der Waals surface area contributed by atoms with E-state index >= 15 is 0 Å². The topological polar surface area (TPSA) is 102 Å². The van der Waals surface area contributed by atoms with E-state index in [0.29, 0.717) is 0 Å². The van der Waals surface area contributed by atoms with Crippen LogP contribution in [0, 0.1) is 10.1 Å². The van der Waals surface area contributed by atoms with Crippen LogP contribution >= 0.6 is 0 Å². The molecule has 0 saturated carbocycles. The lowest BCUT2D eigenvalue weighted by atomic mass is 10.2. The number of benzene rings is 1. The fourth-order valence-corrected chi connectivity index (χ4v) is 2.12. The van der Waals surface area contributed by atoms with Gasteiger partial charge in [-0.1, -0.05) is 0 Å². The third-order valence-electron chi connectivity index (χ3n) is 3.20. The molecule has 0 unspecified atom stereocenters. The Kier molecular flexibility index (Phi) is 3.24. The van der Waals surface area contributed by atoms with Gasteiger partial charge in [-0.2, -0.15) is 0 Å². The van der Waals surface area contributed by atoms with Crippen molar-refractivity contribution in [3.63, 3.8) is 0 Å². The van der Waals surface area contributed by atoms with E-state index in [4.69, 9.17) is 11.5 Å². The van der Waals surface area contributed by atoms with Crippen LogP contribution in [0.5, 0.6) is 0 Å². The molecule has 1 fully saturated rings. The van der Waals surface area contributed by atoms with Crippen molar-refractivity contribution < 1.29 is 4.92 Å². The molecule has 2 rings (SSSR count). The minimum atomic E-state index is -0.543. The average molecular weight is 251 g/mol. The number of likely N-dealkylation sites (N-methyl/N-ethyl adjacent to an activating group) is 1. The number of hydrogen-bond acceptors (Lipinski definition) is 6. The first kappa shape index (κ1) is 12.4. The van der Waals surface area contributed by atoms with Gasteiger partial charge >= 0.3 is 5.69 Å². The highest BCUT2D eigenvalue weighted by Gasteiger charge is 2.21. The van der Waals surface area contributed by atoms with Gasteiger partial charge < -0.3 is 21.3 Å². The van der Waals surface area contributed by atoms with Gasteiger partial charge in [0, 0.05) is 31.9 Å². The Morgan fingerprint density at radius 1 is 1.17 bits per heavy atom. The smallest absolute Gasteiger partial charge is 0.314 e. The maximum Gasteiger partial charge on any atom is 0.314 e. The van der Waals surface area contributed by atoms with E-state index in [1.54, 1.807) is 12.1 Å². The van der Waals surface area contributed by atoms with E-state index in [1.165, 1.54) is 0 Å². The summed E-state index contributed by atoms with van der Waals surface area (Å²) >= 11 is 0. The van der Waals surface area contributed by atoms with Crippen molar-refractivity contribution in [2.75, 3.05) is 49.6 Å².